The van der Waals surface area contributed by atoms with Crippen LogP contribution in [-0.2, 0) is 0 Å². The number of aryl methyl sites for hydroxylation is 1. The maximum Gasteiger partial charge on any atom is 0.246 e. The van der Waals surface area contributed by atoms with Gasteiger partial charge >= 0.3 is 0 Å². The van der Waals surface area contributed by atoms with Gasteiger partial charge in [0, 0.05) is 18.1 Å². The molecule has 0 aliphatic carbocycles. The first kappa shape index (κ1) is 11.4. The van der Waals surface area contributed by atoms with Gasteiger partial charge in [-0.25, -0.2) is 4.39 Å². The Bertz CT molecular complexity index is 413. The van der Waals surface area contributed by atoms with Crippen LogP contribution in [0.25, 0.3) is 6.08 Å². The summed E-state index contributed by atoms with van der Waals surface area (Å²) in [6.07, 6.45) is 1.56. The van der Waals surface area contributed by atoms with Gasteiger partial charge in [-0.1, -0.05) is 18.6 Å². The fourth-order valence-corrected chi connectivity index (χ4v) is 1.24. The maximum absolute atomic E-state index is 13.3. The van der Waals surface area contributed by atoms with Crippen molar-refractivity contribution in [2.45, 2.75) is 20.3 Å². The molecule has 3 nitrogen and oxygen atoms in total. The van der Waals surface area contributed by atoms with E-state index in [1.54, 1.807) is 19.1 Å². The molecule has 15 heavy (non-hydrogen) atoms. The highest BCUT2D eigenvalue weighted by Gasteiger charge is 2.09. The standard InChI is InChI=1S/C11H12FNO2/c1-3-10(13(14)15)7-9-6-8(2)4-5-11(9)12/h4-7H,3H2,1-2H3/b10-7-. The summed E-state index contributed by atoms with van der Waals surface area (Å²) >= 11 is 0. The monoisotopic (exact) mass is 209 g/mol. The molecule has 0 radical (unpaired) electrons. The van der Waals surface area contributed by atoms with Crippen LogP contribution in [0.2, 0.25) is 0 Å². The highest BCUT2D eigenvalue weighted by Crippen LogP contribution is 2.15. The van der Waals surface area contributed by atoms with E-state index in [2.05, 4.69) is 0 Å². The smallest absolute Gasteiger partial charge is 0.246 e. The molecule has 1 aromatic carbocycles. The van der Waals surface area contributed by atoms with Crippen molar-refractivity contribution in [3.63, 3.8) is 0 Å². The van der Waals surface area contributed by atoms with Gasteiger partial charge in [0.2, 0.25) is 5.70 Å². The van der Waals surface area contributed by atoms with Crippen LogP contribution in [0, 0.1) is 22.9 Å². The van der Waals surface area contributed by atoms with E-state index in [4.69, 9.17) is 0 Å². The summed E-state index contributed by atoms with van der Waals surface area (Å²) in [6.45, 7) is 3.48. The molecule has 0 aromatic heterocycles. The summed E-state index contributed by atoms with van der Waals surface area (Å²) in [7, 11) is 0. The summed E-state index contributed by atoms with van der Waals surface area (Å²) in [5.41, 5.74) is 1.16. The van der Waals surface area contributed by atoms with E-state index < -0.39 is 10.7 Å². The molecule has 80 valence electrons. The quantitative estimate of drug-likeness (QED) is 0.566. The minimum atomic E-state index is -0.484. The number of hydrogen-bond acceptors (Lipinski definition) is 2. The second-order valence-corrected chi connectivity index (χ2v) is 3.27. The summed E-state index contributed by atoms with van der Waals surface area (Å²) in [4.78, 5) is 10.1. The fourth-order valence-electron chi connectivity index (χ4n) is 1.24. The Labute approximate surface area is 87.4 Å². The van der Waals surface area contributed by atoms with Gasteiger partial charge in [0.15, 0.2) is 0 Å². The summed E-state index contributed by atoms with van der Waals surface area (Å²) in [6, 6.07) is 4.54. The zero-order valence-corrected chi connectivity index (χ0v) is 8.66. The maximum atomic E-state index is 13.3. The third kappa shape index (κ3) is 2.87. The number of rotatable bonds is 3. The van der Waals surface area contributed by atoms with Gasteiger partial charge in [0.25, 0.3) is 0 Å². The minimum absolute atomic E-state index is 0.0134. The van der Waals surface area contributed by atoms with Crippen LogP contribution in [-0.4, -0.2) is 4.92 Å². The normalized spacial score (nSPS) is 11.5. The van der Waals surface area contributed by atoms with Crippen LogP contribution in [0.15, 0.2) is 23.9 Å². The van der Waals surface area contributed by atoms with Crippen LogP contribution in [0.5, 0.6) is 0 Å². The van der Waals surface area contributed by atoms with Crippen molar-refractivity contribution in [3.05, 3.63) is 51.0 Å². The lowest BCUT2D eigenvalue weighted by Gasteiger charge is -1.99. The first-order valence-electron chi connectivity index (χ1n) is 4.65. The molecular weight excluding hydrogens is 197 g/mol. The lowest BCUT2D eigenvalue weighted by Crippen LogP contribution is -1.97. The predicted molar refractivity (Wildman–Crippen MR) is 56.4 cm³/mol. The molecule has 0 atom stereocenters. The van der Waals surface area contributed by atoms with Crippen molar-refractivity contribution in [2.24, 2.45) is 0 Å². The van der Waals surface area contributed by atoms with Crippen LogP contribution in [0.4, 0.5) is 4.39 Å². The molecule has 0 saturated carbocycles. The molecule has 0 N–H and O–H groups in total. The van der Waals surface area contributed by atoms with Crippen LogP contribution in [0.3, 0.4) is 0 Å². The zero-order valence-electron chi connectivity index (χ0n) is 8.66. The molecule has 0 aliphatic rings. The van der Waals surface area contributed by atoms with Gasteiger partial charge in [-0.15, -0.1) is 0 Å². The van der Waals surface area contributed by atoms with Crippen molar-refractivity contribution < 1.29 is 9.31 Å². The van der Waals surface area contributed by atoms with E-state index in [1.165, 1.54) is 12.1 Å². The van der Waals surface area contributed by atoms with E-state index >= 15 is 0 Å². The van der Waals surface area contributed by atoms with Gasteiger partial charge < -0.3 is 0 Å². The Morgan fingerprint density at radius 3 is 2.80 bits per heavy atom. The molecule has 4 heteroatoms. The van der Waals surface area contributed by atoms with Gasteiger partial charge in [0.05, 0.1) is 4.92 Å². The first-order chi connectivity index (χ1) is 7.04. The van der Waals surface area contributed by atoms with Crippen molar-refractivity contribution in [1.82, 2.24) is 0 Å². The molecule has 0 unspecified atom stereocenters. The number of nitro groups is 1. The second-order valence-electron chi connectivity index (χ2n) is 3.27. The molecule has 0 heterocycles. The van der Waals surface area contributed by atoms with E-state index in [-0.39, 0.29) is 17.7 Å². The average molecular weight is 209 g/mol. The predicted octanol–water partition coefficient (Wildman–Crippen LogP) is 3.16. The molecule has 0 spiro atoms. The van der Waals surface area contributed by atoms with Gasteiger partial charge in [0.1, 0.15) is 5.82 Å². The Balaban J connectivity index is 3.16. The SMILES string of the molecule is CC/C(=C/c1cc(C)ccc1F)[N+](=O)[O-]. The highest BCUT2D eigenvalue weighted by molar-refractivity contribution is 5.52. The Kier molecular flexibility index (Phi) is 3.55. The number of allylic oxidation sites excluding steroid dienone is 1. The molecule has 1 rings (SSSR count). The molecular formula is C11H12FNO2. The van der Waals surface area contributed by atoms with Crippen LogP contribution >= 0.6 is 0 Å². The first-order valence-corrected chi connectivity index (χ1v) is 4.65. The summed E-state index contributed by atoms with van der Waals surface area (Å²) in [5.74, 6) is -0.437. The Hall–Kier alpha value is -1.71. The Morgan fingerprint density at radius 2 is 2.27 bits per heavy atom. The van der Waals surface area contributed by atoms with Gasteiger partial charge in [-0.05, 0) is 19.1 Å². The third-order valence-corrected chi connectivity index (χ3v) is 2.07. The van der Waals surface area contributed by atoms with Gasteiger partial charge in [-0.2, -0.15) is 0 Å². The van der Waals surface area contributed by atoms with Crippen LogP contribution < -0.4 is 0 Å². The molecule has 0 amide bonds. The number of hydrogen-bond donors (Lipinski definition) is 0. The largest absolute Gasteiger partial charge is 0.259 e. The average Bonchev–Trinajstić information content (AvgIpc) is 2.18. The van der Waals surface area contributed by atoms with Crippen molar-refractivity contribution in [3.8, 4) is 0 Å². The number of halogens is 1. The Morgan fingerprint density at radius 1 is 1.60 bits per heavy atom. The third-order valence-electron chi connectivity index (χ3n) is 2.07. The van der Waals surface area contributed by atoms with E-state index in [9.17, 15) is 14.5 Å². The summed E-state index contributed by atoms with van der Waals surface area (Å²) < 4.78 is 13.3. The van der Waals surface area contributed by atoms with E-state index in [0.29, 0.717) is 0 Å². The van der Waals surface area contributed by atoms with Crippen molar-refractivity contribution >= 4 is 6.08 Å². The fraction of sp³-hybridized carbons (Fsp3) is 0.273. The minimum Gasteiger partial charge on any atom is -0.259 e. The van der Waals surface area contributed by atoms with E-state index in [1.807, 2.05) is 6.92 Å². The molecule has 0 bridgehead atoms. The molecule has 1 aromatic rings. The second kappa shape index (κ2) is 4.68. The van der Waals surface area contributed by atoms with Gasteiger partial charge in [-0.3, -0.25) is 10.1 Å². The number of benzene rings is 1. The lowest BCUT2D eigenvalue weighted by molar-refractivity contribution is -0.425. The lowest BCUT2D eigenvalue weighted by atomic mass is 10.1. The van der Waals surface area contributed by atoms with Crippen molar-refractivity contribution in [1.29, 1.82) is 0 Å². The zero-order chi connectivity index (χ0) is 11.4. The number of nitrogens with zero attached hydrogens (tertiary/aromatic N) is 1. The highest BCUT2D eigenvalue weighted by atomic mass is 19.1. The van der Waals surface area contributed by atoms with E-state index in [0.717, 1.165) is 5.56 Å². The molecule has 0 fully saturated rings. The molecule has 0 saturated heterocycles. The topological polar surface area (TPSA) is 43.1 Å². The molecule has 0 aliphatic heterocycles. The van der Waals surface area contributed by atoms with Crippen LogP contribution in [0.1, 0.15) is 24.5 Å². The van der Waals surface area contributed by atoms with Crippen molar-refractivity contribution in [2.75, 3.05) is 0 Å². The summed E-state index contributed by atoms with van der Waals surface area (Å²) in [5, 5.41) is 10.5.